The molecule has 0 heterocycles. The van der Waals surface area contributed by atoms with E-state index in [2.05, 4.69) is 13.8 Å². The van der Waals surface area contributed by atoms with Gasteiger partial charge in [0, 0.05) is 0 Å². The summed E-state index contributed by atoms with van der Waals surface area (Å²) in [6.45, 7) is 8.60. The van der Waals surface area contributed by atoms with Crippen LogP contribution < -0.4 is 0 Å². The molecule has 0 saturated heterocycles. The Hall–Kier alpha value is -0.0800. The molecule has 2 saturated carbocycles. The minimum atomic E-state index is -0.522. The molecule has 0 aliphatic heterocycles. The third kappa shape index (κ3) is 3.76. The molecule has 0 bridgehead atoms. The van der Waals surface area contributed by atoms with E-state index in [0.717, 1.165) is 42.9 Å². The molecule has 20 heavy (non-hydrogen) atoms. The van der Waals surface area contributed by atoms with Gasteiger partial charge in [0.25, 0.3) is 0 Å². The summed E-state index contributed by atoms with van der Waals surface area (Å²) in [6.07, 6.45) is 7.96. The lowest BCUT2D eigenvalue weighted by Gasteiger charge is -2.40. The maximum atomic E-state index is 10.2. The van der Waals surface area contributed by atoms with Crippen molar-refractivity contribution in [3.05, 3.63) is 0 Å². The van der Waals surface area contributed by atoms with Crippen LogP contribution in [0.2, 0.25) is 0 Å². The molecule has 0 aromatic heterocycles. The summed E-state index contributed by atoms with van der Waals surface area (Å²) >= 11 is 0. The van der Waals surface area contributed by atoms with Gasteiger partial charge in [0.2, 0.25) is 0 Å². The zero-order valence-electron chi connectivity index (χ0n) is 13.8. The van der Waals surface area contributed by atoms with E-state index in [1.807, 2.05) is 13.8 Å². The Morgan fingerprint density at radius 1 is 1.15 bits per heavy atom. The molecule has 2 heteroatoms. The highest BCUT2D eigenvalue weighted by Crippen LogP contribution is 2.51. The summed E-state index contributed by atoms with van der Waals surface area (Å²) in [4.78, 5) is 0. The molecule has 0 radical (unpaired) electrons. The topological polar surface area (TPSA) is 40.5 Å². The van der Waals surface area contributed by atoms with Crippen molar-refractivity contribution in [2.24, 2.45) is 29.6 Å². The fraction of sp³-hybridized carbons (Fsp3) is 1.00. The Morgan fingerprint density at radius 2 is 1.85 bits per heavy atom. The normalized spacial score (nSPS) is 39.6. The van der Waals surface area contributed by atoms with E-state index in [0.29, 0.717) is 5.92 Å². The lowest BCUT2D eigenvalue weighted by molar-refractivity contribution is 0.00182. The van der Waals surface area contributed by atoms with Gasteiger partial charge >= 0.3 is 0 Å². The average Bonchev–Trinajstić information content (AvgIpc) is 2.78. The molecular weight excluding hydrogens is 248 g/mol. The van der Waals surface area contributed by atoms with Crippen molar-refractivity contribution in [2.45, 2.75) is 84.3 Å². The van der Waals surface area contributed by atoms with Gasteiger partial charge in [0.05, 0.1) is 11.7 Å². The SMILES string of the molecule is CC1CCC(O)[C@@H]2CC[C@H]([C@@H](C)CCCC(C)(C)O)[C@@H]12. The lowest BCUT2D eigenvalue weighted by Crippen LogP contribution is -2.37. The number of hydrogen-bond donors (Lipinski definition) is 2. The predicted octanol–water partition coefficient (Wildman–Crippen LogP) is 4.00. The molecule has 2 aliphatic rings. The van der Waals surface area contributed by atoms with Gasteiger partial charge in [0.15, 0.2) is 0 Å². The Bertz CT molecular complexity index is 307. The monoisotopic (exact) mass is 282 g/mol. The van der Waals surface area contributed by atoms with Crippen LogP contribution in [0.25, 0.3) is 0 Å². The molecular formula is C18H34O2. The average molecular weight is 282 g/mol. The number of hydrogen-bond acceptors (Lipinski definition) is 2. The van der Waals surface area contributed by atoms with E-state index >= 15 is 0 Å². The summed E-state index contributed by atoms with van der Waals surface area (Å²) in [5, 5.41) is 20.1. The highest BCUT2D eigenvalue weighted by molar-refractivity contribution is 4.96. The standard InChI is InChI=1S/C18H34O2/c1-12(6-5-11-18(3,4)20)14-8-9-15-16(19)10-7-13(2)17(14)15/h12-17,19-20H,5-11H2,1-4H3/t12-,13?,14+,15-,16?,17+/m0/s1. The van der Waals surface area contributed by atoms with Crippen LogP contribution in [0.15, 0.2) is 0 Å². The zero-order valence-corrected chi connectivity index (χ0v) is 13.8. The van der Waals surface area contributed by atoms with Gasteiger partial charge in [-0.1, -0.05) is 26.7 Å². The fourth-order valence-electron chi connectivity index (χ4n) is 4.95. The van der Waals surface area contributed by atoms with Crippen LogP contribution in [0, 0.1) is 29.6 Å². The molecule has 0 aromatic rings. The molecule has 2 unspecified atom stereocenters. The van der Waals surface area contributed by atoms with Crippen molar-refractivity contribution in [3.63, 3.8) is 0 Å². The third-order valence-electron chi connectivity index (χ3n) is 6.07. The summed E-state index contributed by atoms with van der Waals surface area (Å²) < 4.78 is 0. The van der Waals surface area contributed by atoms with Gasteiger partial charge in [-0.25, -0.2) is 0 Å². The molecule has 6 atom stereocenters. The first-order valence-corrected chi connectivity index (χ1v) is 8.70. The van der Waals surface area contributed by atoms with Crippen LogP contribution in [0.5, 0.6) is 0 Å². The second-order valence-electron chi connectivity index (χ2n) is 8.29. The van der Waals surface area contributed by atoms with E-state index < -0.39 is 5.60 Å². The van der Waals surface area contributed by atoms with Crippen LogP contribution in [0.3, 0.4) is 0 Å². The molecule has 2 nitrogen and oxygen atoms in total. The van der Waals surface area contributed by atoms with Crippen molar-refractivity contribution in [3.8, 4) is 0 Å². The van der Waals surface area contributed by atoms with Crippen molar-refractivity contribution in [1.29, 1.82) is 0 Å². The van der Waals surface area contributed by atoms with E-state index in [9.17, 15) is 10.2 Å². The van der Waals surface area contributed by atoms with Gasteiger partial charge in [-0.3, -0.25) is 0 Å². The van der Waals surface area contributed by atoms with Crippen LogP contribution in [-0.2, 0) is 0 Å². The first-order valence-electron chi connectivity index (χ1n) is 8.70. The highest BCUT2D eigenvalue weighted by Gasteiger charge is 2.46. The Balaban J connectivity index is 1.88. The maximum Gasteiger partial charge on any atom is 0.0591 e. The van der Waals surface area contributed by atoms with Crippen LogP contribution >= 0.6 is 0 Å². The van der Waals surface area contributed by atoms with Crippen molar-refractivity contribution < 1.29 is 10.2 Å². The van der Waals surface area contributed by atoms with Crippen molar-refractivity contribution >= 4 is 0 Å². The smallest absolute Gasteiger partial charge is 0.0591 e. The Labute approximate surface area is 125 Å². The molecule has 0 amide bonds. The summed E-state index contributed by atoms with van der Waals surface area (Å²) in [5.41, 5.74) is -0.522. The number of aliphatic hydroxyl groups is 2. The largest absolute Gasteiger partial charge is 0.393 e. The second-order valence-corrected chi connectivity index (χ2v) is 8.29. The van der Waals surface area contributed by atoms with E-state index in [4.69, 9.17) is 0 Å². The number of fused-ring (bicyclic) bond motifs is 1. The maximum absolute atomic E-state index is 10.2. The number of aliphatic hydroxyl groups excluding tert-OH is 1. The summed E-state index contributed by atoms with van der Waals surface area (Å²) in [6, 6.07) is 0. The first kappa shape index (κ1) is 16.3. The van der Waals surface area contributed by atoms with E-state index in [1.165, 1.54) is 25.7 Å². The number of rotatable bonds is 5. The predicted molar refractivity (Wildman–Crippen MR) is 83.4 cm³/mol. The fourth-order valence-corrected chi connectivity index (χ4v) is 4.95. The first-order chi connectivity index (χ1) is 9.29. The quantitative estimate of drug-likeness (QED) is 0.800. The molecule has 2 rings (SSSR count). The molecule has 2 aliphatic carbocycles. The molecule has 0 aromatic carbocycles. The van der Waals surface area contributed by atoms with Crippen LogP contribution in [0.4, 0.5) is 0 Å². The van der Waals surface area contributed by atoms with Gasteiger partial charge in [-0.2, -0.15) is 0 Å². The lowest BCUT2D eigenvalue weighted by atomic mass is 9.67. The van der Waals surface area contributed by atoms with Crippen molar-refractivity contribution in [1.82, 2.24) is 0 Å². The van der Waals surface area contributed by atoms with Gasteiger partial charge in [0.1, 0.15) is 0 Å². The molecule has 118 valence electrons. The Kier molecular flexibility index (Phi) is 5.18. The minimum absolute atomic E-state index is 0.0372. The van der Waals surface area contributed by atoms with Gasteiger partial charge in [-0.15, -0.1) is 0 Å². The molecule has 2 fully saturated rings. The third-order valence-corrected chi connectivity index (χ3v) is 6.07. The molecule has 2 N–H and O–H groups in total. The highest BCUT2D eigenvalue weighted by atomic mass is 16.3. The van der Waals surface area contributed by atoms with Gasteiger partial charge < -0.3 is 10.2 Å². The van der Waals surface area contributed by atoms with E-state index in [1.54, 1.807) is 0 Å². The Morgan fingerprint density at radius 3 is 2.50 bits per heavy atom. The van der Waals surface area contributed by atoms with Gasteiger partial charge in [-0.05, 0) is 75.5 Å². The summed E-state index contributed by atoms with van der Waals surface area (Å²) in [7, 11) is 0. The van der Waals surface area contributed by atoms with Crippen LogP contribution in [0.1, 0.15) is 72.6 Å². The second kappa shape index (κ2) is 6.36. The molecule has 0 spiro atoms. The zero-order chi connectivity index (χ0) is 14.9. The minimum Gasteiger partial charge on any atom is -0.393 e. The summed E-state index contributed by atoms with van der Waals surface area (Å²) in [5.74, 6) is 3.64. The van der Waals surface area contributed by atoms with Crippen LogP contribution in [-0.4, -0.2) is 21.9 Å². The van der Waals surface area contributed by atoms with Crippen molar-refractivity contribution in [2.75, 3.05) is 0 Å². The van der Waals surface area contributed by atoms with E-state index in [-0.39, 0.29) is 6.10 Å².